The highest BCUT2D eigenvalue weighted by Gasteiger charge is 2.52. The first kappa shape index (κ1) is 51.3. The SMILES string of the molecule is Cc1cc(N2C(=S)N(c3ccc(C#N)c(C(F)(F)F)c3F)C(=O)C2(C)C)cnc1OCCOCCOCC(=O)NC(C(=O)N1CCC[C@H]1C(=O)NCc1ccc(-c2scnc2C)cc1)C(C)(C)C. The summed E-state index contributed by atoms with van der Waals surface area (Å²) in [5, 5.41) is 14.7. The van der Waals surface area contributed by atoms with Crippen LogP contribution in [0.5, 0.6) is 5.88 Å². The summed E-state index contributed by atoms with van der Waals surface area (Å²) in [5.74, 6) is -3.48. The summed E-state index contributed by atoms with van der Waals surface area (Å²) in [6, 6.07) is 11.0. The lowest BCUT2D eigenvalue weighted by molar-refractivity contribution is -0.144. The van der Waals surface area contributed by atoms with E-state index in [0.717, 1.165) is 33.8 Å². The number of ether oxygens (including phenoxy) is 3. The highest BCUT2D eigenvalue weighted by Crippen LogP contribution is 2.42. The van der Waals surface area contributed by atoms with Crippen LogP contribution in [0.4, 0.5) is 28.9 Å². The maximum absolute atomic E-state index is 15.4. The molecule has 4 heterocycles. The first-order valence-corrected chi connectivity index (χ1v) is 23.0. The largest absolute Gasteiger partial charge is 0.475 e. The standard InChI is InChI=1S/C47H52F4N8O7S2/c1-27-21-32(59-44(67)58(43(63)46(59,6)7)33-15-14-31(22-52)36(37(33)48)47(49,50)51)24-54-41(27)66-20-19-64-17-18-65-25-35(60)56-39(45(3,4)5)42(62)57-16-8-9-34(57)40(61)53-23-29-10-12-30(13-11-29)38-28(2)55-26-68-38/h10-15,21,24,26,34,39H,8-9,16-20,23,25H2,1-7H3,(H,53,61)(H,56,60)/t34-,39?/m0/s1. The molecule has 15 nitrogen and oxygen atoms in total. The van der Waals surface area contributed by atoms with Gasteiger partial charge in [-0.15, -0.1) is 11.3 Å². The number of hydrogen-bond acceptors (Lipinski definition) is 12. The molecule has 0 aliphatic carbocycles. The van der Waals surface area contributed by atoms with Crippen molar-refractivity contribution in [3.8, 4) is 22.4 Å². The summed E-state index contributed by atoms with van der Waals surface area (Å²) >= 11 is 7.09. The number of alkyl halides is 3. The number of aromatic nitrogens is 2. The van der Waals surface area contributed by atoms with Crippen LogP contribution in [-0.2, 0) is 41.4 Å². The third-order valence-corrected chi connectivity index (χ3v) is 12.8. The quantitative estimate of drug-likeness (QED) is 0.0629. The molecule has 362 valence electrons. The fourth-order valence-electron chi connectivity index (χ4n) is 7.93. The molecule has 0 spiro atoms. The monoisotopic (exact) mass is 980 g/mol. The van der Waals surface area contributed by atoms with E-state index in [9.17, 15) is 32.3 Å². The smallest absolute Gasteiger partial charge is 0.420 e. The van der Waals surface area contributed by atoms with Crippen LogP contribution >= 0.6 is 23.6 Å². The van der Waals surface area contributed by atoms with E-state index >= 15 is 4.39 Å². The van der Waals surface area contributed by atoms with Crippen molar-refractivity contribution in [1.29, 1.82) is 5.26 Å². The molecular formula is C47H52F4N8O7S2. The zero-order valence-electron chi connectivity index (χ0n) is 38.6. The zero-order valence-corrected chi connectivity index (χ0v) is 40.2. The Morgan fingerprint density at radius 1 is 1.03 bits per heavy atom. The number of anilines is 2. The zero-order chi connectivity index (χ0) is 49.7. The van der Waals surface area contributed by atoms with E-state index in [4.69, 9.17) is 31.7 Å². The fraction of sp³-hybridized carbons (Fsp3) is 0.447. The number of thiazole rings is 1. The first-order chi connectivity index (χ1) is 32.1. The van der Waals surface area contributed by atoms with Gasteiger partial charge in [-0.2, -0.15) is 18.4 Å². The summed E-state index contributed by atoms with van der Waals surface area (Å²) in [6.45, 7) is 12.8. The van der Waals surface area contributed by atoms with Crippen LogP contribution in [0, 0.1) is 36.4 Å². The molecule has 1 unspecified atom stereocenters. The molecule has 6 rings (SSSR count). The van der Waals surface area contributed by atoms with Crippen molar-refractivity contribution in [2.45, 2.75) is 91.7 Å². The third kappa shape index (κ3) is 11.3. The minimum absolute atomic E-state index is 0.0562. The molecule has 2 aliphatic rings. The number of carbonyl (C=O) groups excluding carboxylic acids is 4. The summed E-state index contributed by atoms with van der Waals surface area (Å²) in [4.78, 5) is 67.2. The number of likely N-dealkylation sites (tertiary alicyclic amines) is 1. The van der Waals surface area contributed by atoms with Crippen LogP contribution in [0.25, 0.3) is 10.4 Å². The van der Waals surface area contributed by atoms with Crippen LogP contribution < -0.4 is 25.2 Å². The number of thiocarbonyl (C=S) groups is 1. The minimum atomic E-state index is -5.21. The van der Waals surface area contributed by atoms with Crippen LogP contribution in [-0.4, -0.2) is 101 Å². The lowest BCUT2D eigenvalue weighted by Crippen LogP contribution is -2.58. The number of nitrogens with zero attached hydrogens (tertiary/aromatic N) is 6. The molecule has 4 amide bonds. The van der Waals surface area contributed by atoms with E-state index in [2.05, 4.69) is 20.6 Å². The Hall–Kier alpha value is -6.08. The van der Waals surface area contributed by atoms with Crippen molar-refractivity contribution in [1.82, 2.24) is 25.5 Å². The first-order valence-electron chi connectivity index (χ1n) is 21.7. The van der Waals surface area contributed by atoms with Gasteiger partial charge in [0.2, 0.25) is 23.6 Å². The van der Waals surface area contributed by atoms with Gasteiger partial charge < -0.3 is 34.6 Å². The van der Waals surface area contributed by atoms with E-state index in [1.165, 1.54) is 31.0 Å². The molecule has 2 N–H and O–H groups in total. The third-order valence-electron chi connectivity index (χ3n) is 11.5. The number of aryl methyl sites for hydroxylation is 2. The molecule has 4 aromatic rings. The Morgan fingerprint density at radius 3 is 2.35 bits per heavy atom. The van der Waals surface area contributed by atoms with Crippen molar-refractivity contribution >= 4 is 63.7 Å². The van der Waals surface area contributed by atoms with E-state index < -0.39 is 63.7 Å². The number of benzene rings is 2. The highest BCUT2D eigenvalue weighted by molar-refractivity contribution is 7.81. The summed E-state index contributed by atoms with van der Waals surface area (Å²) in [5.41, 5.74) is -0.0692. The van der Waals surface area contributed by atoms with Crippen LogP contribution in [0.3, 0.4) is 0 Å². The predicted octanol–water partition coefficient (Wildman–Crippen LogP) is 7.02. The van der Waals surface area contributed by atoms with Gasteiger partial charge in [0.25, 0.3) is 5.91 Å². The molecule has 2 aromatic carbocycles. The Bertz CT molecular complexity index is 2590. The lowest BCUT2D eigenvalue weighted by Gasteiger charge is -2.35. The van der Waals surface area contributed by atoms with Crippen molar-refractivity contribution in [2.75, 3.05) is 49.4 Å². The predicted molar refractivity (Wildman–Crippen MR) is 249 cm³/mol. The number of nitriles is 1. The fourth-order valence-corrected chi connectivity index (χ4v) is 9.26. The number of halogens is 4. The second kappa shape index (κ2) is 21.1. The van der Waals surface area contributed by atoms with Gasteiger partial charge in [0, 0.05) is 18.7 Å². The number of carbonyl (C=O) groups is 4. The molecule has 0 radical (unpaired) electrons. The molecule has 21 heteroatoms. The van der Waals surface area contributed by atoms with Gasteiger partial charge in [-0.05, 0) is 87.5 Å². The molecule has 2 atom stereocenters. The Morgan fingerprint density at radius 2 is 1.72 bits per heavy atom. The summed E-state index contributed by atoms with van der Waals surface area (Å²) in [6.07, 6.45) is -2.70. The molecule has 68 heavy (non-hydrogen) atoms. The molecule has 2 aliphatic heterocycles. The maximum Gasteiger partial charge on any atom is 0.420 e. The molecule has 2 saturated heterocycles. The van der Waals surface area contributed by atoms with E-state index in [1.54, 1.807) is 34.7 Å². The van der Waals surface area contributed by atoms with E-state index in [1.807, 2.05) is 52.0 Å². The van der Waals surface area contributed by atoms with Crippen molar-refractivity contribution in [3.05, 3.63) is 87.9 Å². The van der Waals surface area contributed by atoms with Crippen LogP contribution in [0.2, 0.25) is 0 Å². The molecule has 0 bridgehead atoms. The normalized spacial score (nSPS) is 16.5. The van der Waals surface area contributed by atoms with E-state index in [0.29, 0.717) is 42.1 Å². The van der Waals surface area contributed by atoms with Gasteiger partial charge >= 0.3 is 6.18 Å². The van der Waals surface area contributed by atoms with E-state index in [-0.39, 0.29) is 55.8 Å². The van der Waals surface area contributed by atoms with Gasteiger partial charge in [-0.3, -0.25) is 24.1 Å². The average Bonchev–Trinajstić information content (AvgIpc) is 3.99. The van der Waals surface area contributed by atoms with Crippen LogP contribution in [0.1, 0.15) is 75.4 Å². The van der Waals surface area contributed by atoms with Gasteiger partial charge in [0.1, 0.15) is 36.4 Å². The number of hydrogen-bond donors (Lipinski definition) is 2. The van der Waals surface area contributed by atoms with Gasteiger partial charge in [-0.1, -0.05) is 45.0 Å². The van der Waals surface area contributed by atoms with Gasteiger partial charge in [0.15, 0.2) is 10.9 Å². The minimum Gasteiger partial charge on any atom is -0.475 e. The topological polar surface area (TPSA) is 179 Å². The highest BCUT2D eigenvalue weighted by atomic mass is 32.1. The maximum atomic E-state index is 15.4. The Balaban J connectivity index is 0.934. The van der Waals surface area contributed by atoms with Crippen molar-refractivity contribution in [3.63, 3.8) is 0 Å². The summed E-state index contributed by atoms with van der Waals surface area (Å²) < 4.78 is 73.6. The Kier molecular flexibility index (Phi) is 15.9. The van der Waals surface area contributed by atoms with Crippen LogP contribution in [0.15, 0.2) is 54.2 Å². The second-order valence-corrected chi connectivity index (χ2v) is 19.0. The molecular weight excluding hydrogens is 929 g/mol. The van der Waals surface area contributed by atoms with Gasteiger partial charge in [0.05, 0.1) is 65.1 Å². The lowest BCUT2D eigenvalue weighted by atomic mass is 9.85. The molecule has 0 saturated carbocycles. The number of nitrogens with one attached hydrogen (secondary N) is 2. The Labute approximate surface area is 400 Å². The number of pyridine rings is 1. The van der Waals surface area contributed by atoms with Gasteiger partial charge in [-0.25, -0.2) is 14.4 Å². The van der Waals surface area contributed by atoms with Crippen molar-refractivity contribution < 1.29 is 51.0 Å². The molecule has 2 aromatic heterocycles. The number of rotatable bonds is 17. The second-order valence-electron chi connectivity index (χ2n) is 17.8. The van der Waals surface area contributed by atoms with Crippen molar-refractivity contribution in [2.24, 2.45) is 5.41 Å². The average molecular weight is 981 g/mol. The molecule has 2 fully saturated rings. The number of amides is 4. The summed E-state index contributed by atoms with van der Waals surface area (Å²) in [7, 11) is 0.